The maximum Gasteiger partial charge on any atom is 0.243 e. The average molecular weight is 637 g/mol. The molecule has 6 unspecified atom stereocenters. The molecule has 2 saturated carbocycles. The van der Waals surface area contributed by atoms with Gasteiger partial charge in [-0.2, -0.15) is 0 Å². The Balaban J connectivity index is 1.45. The maximum atomic E-state index is 13.8. The number of aliphatic hydroxyl groups excluding tert-OH is 3. The van der Waals surface area contributed by atoms with Gasteiger partial charge < -0.3 is 47.2 Å². The normalized spacial score (nSPS) is 28.6. The van der Waals surface area contributed by atoms with Crippen molar-refractivity contribution in [2.45, 2.75) is 56.8 Å². The van der Waals surface area contributed by atoms with E-state index in [0.29, 0.717) is 11.4 Å². The molecule has 2 aromatic rings. The topological polar surface area (TPSA) is 249 Å². The Morgan fingerprint density at radius 3 is 2.24 bits per heavy atom. The molecule has 0 bridgehead atoms. The lowest BCUT2D eigenvalue weighted by Gasteiger charge is -2.53. The van der Waals surface area contributed by atoms with E-state index in [4.69, 9.17) is 5.73 Å². The second-order valence-electron chi connectivity index (χ2n) is 12.5. The molecule has 3 aliphatic carbocycles. The van der Waals surface area contributed by atoms with E-state index in [9.17, 15) is 49.5 Å². The van der Waals surface area contributed by atoms with Gasteiger partial charge in [-0.15, -0.1) is 0 Å². The van der Waals surface area contributed by atoms with E-state index in [2.05, 4.69) is 16.0 Å². The summed E-state index contributed by atoms with van der Waals surface area (Å²) >= 11 is 0. The minimum absolute atomic E-state index is 0.0653. The van der Waals surface area contributed by atoms with Crippen LogP contribution in [-0.4, -0.2) is 79.2 Å². The van der Waals surface area contributed by atoms with Gasteiger partial charge in [0.15, 0.2) is 11.4 Å². The molecule has 46 heavy (non-hydrogen) atoms. The number of hydrogen-bond donors (Lipinski definition) is 9. The molecular formula is C32H36N4O10. The largest absolute Gasteiger partial charge is 0.507 e. The van der Waals surface area contributed by atoms with Gasteiger partial charge in [-0.3, -0.25) is 24.0 Å². The number of carbonyl (C=O) groups excluding carboxylic acids is 5. The van der Waals surface area contributed by atoms with Crippen molar-refractivity contribution in [1.29, 1.82) is 0 Å². The van der Waals surface area contributed by atoms with E-state index in [1.165, 1.54) is 19.1 Å². The Kier molecular flexibility index (Phi) is 8.17. The summed E-state index contributed by atoms with van der Waals surface area (Å²) in [5.41, 5.74) is 0.828. The average Bonchev–Trinajstić information content (AvgIpc) is 2.99. The molecule has 0 radical (unpaired) electrons. The zero-order valence-electron chi connectivity index (χ0n) is 25.3. The number of benzene rings is 2. The predicted octanol–water partition coefficient (Wildman–Crippen LogP) is 0.694. The second-order valence-corrected chi connectivity index (χ2v) is 12.5. The highest BCUT2D eigenvalue weighted by molar-refractivity contribution is 6.22. The Morgan fingerprint density at radius 2 is 1.63 bits per heavy atom. The van der Waals surface area contributed by atoms with Gasteiger partial charge in [0, 0.05) is 41.1 Å². The van der Waals surface area contributed by atoms with E-state index in [1.807, 2.05) is 0 Å². The molecular weight excluding hydrogens is 600 g/mol. The van der Waals surface area contributed by atoms with Crippen LogP contribution in [0.25, 0.3) is 5.76 Å². The second kappa shape index (κ2) is 11.5. The first kappa shape index (κ1) is 32.6. The smallest absolute Gasteiger partial charge is 0.243 e. The van der Waals surface area contributed by atoms with Gasteiger partial charge in [-0.25, -0.2) is 0 Å². The van der Waals surface area contributed by atoms with Gasteiger partial charge in [0.05, 0.1) is 35.4 Å². The summed E-state index contributed by atoms with van der Waals surface area (Å²) in [6, 6.07) is 9.17. The fraction of sp³-hybridized carbons (Fsp3) is 0.406. The number of phenolic OH excluding ortho intramolecular Hbond substituents is 1. The molecule has 0 spiro atoms. The van der Waals surface area contributed by atoms with Crippen LogP contribution in [0.5, 0.6) is 5.75 Å². The molecule has 14 heteroatoms. The summed E-state index contributed by atoms with van der Waals surface area (Å²) in [6.45, 7) is 4.56. The number of primary amides is 1. The molecule has 0 aromatic heterocycles. The number of nitrogens with one attached hydrogen (secondary N) is 3. The first-order valence-electron chi connectivity index (χ1n) is 14.7. The van der Waals surface area contributed by atoms with Gasteiger partial charge in [0.1, 0.15) is 11.5 Å². The molecule has 244 valence electrons. The Labute approximate surface area is 263 Å². The van der Waals surface area contributed by atoms with Crippen molar-refractivity contribution in [3.63, 3.8) is 0 Å². The van der Waals surface area contributed by atoms with Crippen molar-refractivity contribution in [3.8, 4) is 5.75 Å². The lowest BCUT2D eigenvalue weighted by molar-refractivity contribution is -0.181. The molecule has 2 aromatic carbocycles. The summed E-state index contributed by atoms with van der Waals surface area (Å²) < 4.78 is 0. The molecule has 0 aliphatic heterocycles. The van der Waals surface area contributed by atoms with E-state index >= 15 is 0 Å². The van der Waals surface area contributed by atoms with Crippen LogP contribution in [-0.2, 0) is 29.4 Å². The lowest BCUT2D eigenvalue weighted by Crippen LogP contribution is -2.69. The number of nitrogens with two attached hydrogens (primary N) is 1. The van der Waals surface area contributed by atoms with Crippen molar-refractivity contribution < 1.29 is 49.5 Å². The highest BCUT2D eigenvalue weighted by Gasteiger charge is 2.68. The van der Waals surface area contributed by atoms with Crippen molar-refractivity contribution in [3.05, 3.63) is 53.1 Å². The highest BCUT2D eigenvalue weighted by Crippen LogP contribution is 2.57. The number of amides is 3. The molecule has 0 heterocycles. The summed E-state index contributed by atoms with van der Waals surface area (Å²) in [5, 5.41) is 63.8. The zero-order valence-corrected chi connectivity index (χ0v) is 25.3. The third-order valence-electron chi connectivity index (χ3n) is 9.33. The van der Waals surface area contributed by atoms with Gasteiger partial charge >= 0.3 is 0 Å². The third-order valence-corrected chi connectivity index (χ3v) is 9.33. The van der Waals surface area contributed by atoms with Crippen LogP contribution >= 0.6 is 0 Å². The van der Waals surface area contributed by atoms with Gasteiger partial charge in [-0.1, -0.05) is 19.9 Å². The first-order chi connectivity index (χ1) is 21.5. The van der Waals surface area contributed by atoms with Gasteiger partial charge in [-0.05, 0) is 49.2 Å². The third kappa shape index (κ3) is 4.98. The fourth-order valence-corrected chi connectivity index (χ4v) is 6.73. The monoisotopic (exact) mass is 636 g/mol. The summed E-state index contributed by atoms with van der Waals surface area (Å²) in [4.78, 5) is 64.4. The Bertz CT molecular complexity index is 1690. The van der Waals surface area contributed by atoms with E-state index in [-0.39, 0.29) is 36.0 Å². The Hall–Kier alpha value is -4.79. The first-order valence-corrected chi connectivity index (χ1v) is 14.7. The van der Waals surface area contributed by atoms with E-state index in [0.717, 1.165) is 0 Å². The number of ketones is 2. The van der Waals surface area contributed by atoms with Gasteiger partial charge in [0.2, 0.25) is 23.5 Å². The number of phenols is 1. The Morgan fingerprint density at radius 1 is 1.00 bits per heavy atom. The molecule has 2 fully saturated rings. The van der Waals surface area contributed by atoms with E-state index in [1.54, 1.807) is 38.1 Å². The van der Waals surface area contributed by atoms with Crippen LogP contribution in [0.1, 0.15) is 44.7 Å². The number of Topliss-reactive ketones (excluding diaryl/α,β-unsaturated/α-hetero) is 2. The quantitative estimate of drug-likeness (QED) is 0.151. The van der Waals surface area contributed by atoms with Crippen LogP contribution in [0.2, 0.25) is 0 Å². The number of aliphatic hydroxyl groups is 4. The number of carbonyl (C=O) groups is 5. The summed E-state index contributed by atoms with van der Waals surface area (Å²) in [5.74, 6) is -9.00. The number of hydrogen-bond acceptors (Lipinski definition) is 11. The molecule has 10 N–H and O–H groups in total. The lowest BCUT2D eigenvalue weighted by atomic mass is 9.50. The van der Waals surface area contributed by atoms with Crippen molar-refractivity contribution in [1.82, 2.24) is 0 Å². The number of aromatic hydroxyl groups is 1. The van der Waals surface area contributed by atoms with Crippen LogP contribution in [0, 0.1) is 17.8 Å². The summed E-state index contributed by atoms with van der Waals surface area (Å²) in [6.07, 6.45) is -3.93. The number of fused-ring (bicyclic) bond motifs is 3. The molecule has 3 aliphatic rings. The SMILES string of the molecule is CC(C)C(=O)Nc1ccc(NCC(=O)Nc2ccc3c(c2O)C(O)=C2C(=O)C4(O)C(=O)CC(O)CC4C(O)C2C3(C)C(N)=O)cc1. The predicted molar refractivity (Wildman–Crippen MR) is 164 cm³/mol. The molecule has 5 rings (SSSR count). The fourth-order valence-electron chi connectivity index (χ4n) is 6.73. The van der Waals surface area contributed by atoms with Crippen LogP contribution in [0.15, 0.2) is 42.0 Å². The standard InChI is InChI=1S/C32H36N4O10/c1-13(2)29(44)35-15-6-4-14(5-7-15)34-12-21(39)36-19-9-8-17-22(26(19)41)27(42)23-24(31(17,3)30(33)45)25(40)18-10-16(37)11-20(38)32(18,46)28(23)43/h4-9,13,16,18,24-25,34,37,40-42,46H,10-12H2,1-3H3,(H2,33,45)(H,35,44)(H,36,39). The molecule has 3 amide bonds. The minimum atomic E-state index is -2.79. The van der Waals surface area contributed by atoms with E-state index < -0.39 is 87.5 Å². The van der Waals surface area contributed by atoms with Crippen LogP contribution in [0.3, 0.4) is 0 Å². The zero-order chi connectivity index (χ0) is 33.9. The van der Waals surface area contributed by atoms with Crippen molar-refractivity contribution >= 4 is 52.1 Å². The minimum Gasteiger partial charge on any atom is -0.507 e. The number of rotatable bonds is 7. The molecule has 6 atom stereocenters. The molecule has 0 saturated heterocycles. The van der Waals surface area contributed by atoms with Crippen molar-refractivity contribution in [2.24, 2.45) is 23.5 Å². The molecule has 14 nitrogen and oxygen atoms in total. The van der Waals surface area contributed by atoms with Crippen molar-refractivity contribution in [2.75, 3.05) is 22.5 Å². The number of anilines is 3. The van der Waals surface area contributed by atoms with Crippen LogP contribution < -0.4 is 21.7 Å². The summed E-state index contributed by atoms with van der Waals surface area (Å²) in [7, 11) is 0. The maximum absolute atomic E-state index is 13.8. The van der Waals surface area contributed by atoms with Crippen LogP contribution in [0.4, 0.5) is 17.1 Å². The highest BCUT2D eigenvalue weighted by atomic mass is 16.3. The van der Waals surface area contributed by atoms with Gasteiger partial charge in [0.25, 0.3) is 0 Å².